The van der Waals surface area contributed by atoms with Crippen molar-refractivity contribution in [1.82, 2.24) is 10.6 Å². The largest absolute Gasteiger partial charge is 0.500 e. The molecule has 0 aliphatic heterocycles. The van der Waals surface area contributed by atoms with Crippen LogP contribution in [0, 0.1) is 0 Å². The lowest BCUT2D eigenvalue weighted by Gasteiger charge is -2.24. The summed E-state index contributed by atoms with van der Waals surface area (Å²) in [6.07, 6.45) is 1.42. The number of carbonyl (C=O) groups is 1. The molecule has 12 nitrogen and oxygen atoms in total. The fraction of sp³-hybridized carbons (Fsp3) is 0.955. The minimum atomic E-state index is -2.63. The van der Waals surface area contributed by atoms with Crippen molar-refractivity contribution in [3.05, 3.63) is 0 Å². The average molecular weight is 589 g/mol. The molecule has 0 aromatic rings. The lowest BCUT2D eigenvalue weighted by atomic mass is 10.3. The van der Waals surface area contributed by atoms with E-state index in [1.54, 1.807) is 49.8 Å². The maximum absolute atomic E-state index is 12.4. The lowest BCUT2D eigenvalue weighted by molar-refractivity contribution is 0.0192. The summed E-state index contributed by atoms with van der Waals surface area (Å²) in [5, 5.41) is 6.16. The van der Waals surface area contributed by atoms with Gasteiger partial charge in [-0.05, 0) is 51.0 Å². The molecule has 1 atom stereocenters. The molecule has 15 heteroatoms. The van der Waals surface area contributed by atoms with E-state index in [9.17, 15) is 4.79 Å². The summed E-state index contributed by atoms with van der Waals surface area (Å²) in [7, 11) is 4.58. The van der Waals surface area contributed by atoms with Gasteiger partial charge in [0.1, 0.15) is 6.10 Å². The highest BCUT2D eigenvalue weighted by Crippen LogP contribution is 2.16. The molecule has 0 aromatic heterocycles. The van der Waals surface area contributed by atoms with Crippen molar-refractivity contribution in [2.24, 2.45) is 0 Å². The van der Waals surface area contributed by atoms with Crippen LogP contribution in [0.3, 0.4) is 0 Å². The second kappa shape index (κ2) is 20.5. The zero-order valence-corrected chi connectivity index (χ0v) is 27.4. The van der Waals surface area contributed by atoms with Gasteiger partial charge in [0, 0.05) is 75.5 Å². The molecule has 37 heavy (non-hydrogen) atoms. The van der Waals surface area contributed by atoms with E-state index in [1.165, 1.54) is 0 Å². The molecule has 0 fully saturated rings. The molecule has 1 amide bonds. The molecule has 0 aliphatic carbocycles. The second-order valence-electron chi connectivity index (χ2n) is 8.92. The number of hydrogen-bond acceptors (Lipinski definition) is 11. The third-order valence-electron chi connectivity index (χ3n) is 6.44. The molecule has 0 heterocycles. The fourth-order valence-electron chi connectivity index (χ4n) is 3.46. The Labute approximate surface area is 227 Å². The van der Waals surface area contributed by atoms with Crippen molar-refractivity contribution < 1.29 is 45.3 Å². The number of amides is 1. The highest BCUT2D eigenvalue weighted by atomic mass is 28.4. The normalized spacial score (nSPS) is 13.5. The molecule has 0 saturated carbocycles. The Morgan fingerprint density at radius 2 is 1.22 bits per heavy atom. The van der Waals surface area contributed by atoms with Crippen LogP contribution in [0.25, 0.3) is 0 Å². The van der Waals surface area contributed by atoms with Crippen molar-refractivity contribution in [1.29, 1.82) is 0 Å². The molecule has 0 spiro atoms. The first-order valence-electron chi connectivity index (χ1n) is 12.7. The quantitative estimate of drug-likeness (QED) is 0.128. The minimum absolute atomic E-state index is 0.267. The molecule has 0 aliphatic rings. The van der Waals surface area contributed by atoms with Gasteiger partial charge in [-0.1, -0.05) is 0 Å². The second-order valence-corrected chi connectivity index (χ2v) is 19.2. The van der Waals surface area contributed by atoms with Gasteiger partial charge in [-0.3, -0.25) is 0 Å². The summed E-state index contributed by atoms with van der Waals surface area (Å²) in [5.41, 5.74) is 0. The van der Waals surface area contributed by atoms with Crippen LogP contribution in [0.4, 0.5) is 4.79 Å². The van der Waals surface area contributed by atoms with Gasteiger partial charge in [0.25, 0.3) is 0 Å². The zero-order chi connectivity index (χ0) is 28.2. The summed E-state index contributed by atoms with van der Waals surface area (Å²) < 4.78 is 49.8. The summed E-state index contributed by atoms with van der Waals surface area (Å²) in [4.78, 5) is 12.4. The number of ether oxygens (including phenoxy) is 2. The molecule has 0 rings (SSSR count). The topological polar surface area (TPSA) is 124 Å². The summed E-state index contributed by atoms with van der Waals surface area (Å²) in [5.74, 6) is 0. The standard InChI is InChI=1S/C22H52N2O10Si3/c1-26-35(8,27-2)16-10-13-23-19-21(20-33-15-12-18-37(30-5,31-6)32-7)34-22(25)24-14-11-17-36(9,28-3)29-4/h21,23H,10-20H2,1-9H3,(H,24,25). The minimum Gasteiger partial charge on any atom is -0.442 e. The van der Waals surface area contributed by atoms with Crippen molar-refractivity contribution in [2.75, 3.05) is 82.6 Å². The third kappa shape index (κ3) is 15.7. The predicted molar refractivity (Wildman–Crippen MR) is 148 cm³/mol. The van der Waals surface area contributed by atoms with E-state index in [-0.39, 0.29) is 6.61 Å². The van der Waals surface area contributed by atoms with Gasteiger partial charge in [0.05, 0.1) is 6.61 Å². The van der Waals surface area contributed by atoms with Gasteiger partial charge in [0.15, 0.2) is 0 Å². The lowest BCUT2D eigenvalue weighted by Crippen LogP contribution is -2.43. The van der Waals surface area contributed by atoms with E-state index in [1.807, 2.05) is 13.1 Å². The molecule has 2 N–H and O–H groups in total. The first kappa shape index (κ1) is 36.6. The summed E-state index contributed by atoms with van der Waals surface area (Å²) >= 11 is 0. The number of hydrogen-bond donors (Lipinski definition) is 2. The molecule has 0 radical (unpaired) electrons. The number of alkyl carbamates (subject to hydrolysis) is 1. The van der Waals surface area contributed by atoms with Crippen LogP contribution in [0.1, 0.15) is 19.3 Å². The van der Waals surface area contributed by atoms with E-state index in [0.29, 0.717) is 32.2 Å². The molecular weight excluding hydrogens is 537 g/mol. The Morgan fingerprint density at radius 3 is 1.70 bits per heavy atom. The third-order valence-corrected chi connectivity index (χ3v) is 15.3. The highest BCUT2D eigenvalue weighted by Gasteiger charge is 2.37. The Kier molecular flexibility index (Phi) is 20.2. The van der Waals surface area contributed by atoms with Crippen LogP contribution < -0.4 is 10.6 Å². The van der Waals surface area contributed by atoms with Crippen LogP contribution in [-0.2, 0) is 40.5 Å². The average Bonchev–Trinajstić information content (AvgIpc) is 2.92. The van der Waals surface area contributed by atoms with E-state index in [0.717, 1.165) is 31.5 Å². The molecule has 1 unspecified atom stereocenters. The van der Waals surface area contributed by atoms with Gasteiger partial charge in [-0.25, -0.2) is 4.79 Å². The highest BCUT2D eigenvalue weighted by molar-refractivity contribution is 6.66. The maximum atomic E-state index is 12.4. The summed E-state index contributed by atoms with van der Waals surface area (Å²) in [6, 6.07) is 2.27. The SMILES string of the molecule is CO[Si](C)(CCCNCC(COCCC[Si](OC)(OC)OC)OC(=O)NCCC[Si](C)(OC)OC)OC. The Balaban J connectivity index is 4.63. The first-order valence-corrected chi connectivity index (χ1v) is 19.7. The maximum Gasteiger partial charge on any atom is 0.500 e. The summed E-state index contributed by atoms with van der Waals surface area (Å²) in [6.45, 7) is 6.46. The molecule has 0 aromatic carbocycles. The van der Waals surface area contributed by atoms with Crippen LogP contribution in [0.2, 0.25) is 31.2 Å². The van der Waals surface area contributed by atoms with Crippen LogP contribution >= 0.6 is 0 Å². The van der Waals surface area contributed by atoms with Gasteiger partial charge in [-0.15, -0.1) is 0 Å². The fourth-order valence-corrected chi connectivity index (χ4v) is 7.94. The Hall–Kier alpha value is -0.439. The van der Waals surface area contributed by atoms with Crippen LogP contribution in [0.5, 0.6) is 0 Å². The van der Waals surface area contributed by atoms with Gasteiger partial charge >= 0.3 is 32.0 Å². The van der Waals surface area contributed by atoms with Crippen molar-refractivity contribution in [3.63, 3.8) is 0 Å². The van der Waals surface area contributed by atoms with Crippen molar-refractivity contribution in [2.45, 2.75) is 56.6 Å². The van der Waals surface area contributed by atoms with Gasteiger partial charge < -0.3 is 51.1 Å². The van der Waals surface area contributed by atoms with E-state index in [2.05, 4.69) is 10.6 Å². The number of carbonyl (C=O) groups excluding carboxylic acids is 1. The molecular formula is C22H52N2O10Si3. The predicted octanol–water partition coefficient (Wildman–Crippen LogP) is 2.47. The molecule has 0 bridgehead atoms. The van der Waals surface area contributed by atoms with Gasteiger partial charge in [0.2, 0.25) is 0 Å². The smallest absolute Gasteiger partial charge is 0.442 e. The van der Waals surface area contributed by atoms with Crippen molar-refractivity contribution >= 4 is 32.0 Å². The monoisotopic (exact) mass is 588 g/mol. The van der Waals surface area contributed by atoms with Crippen molar-refractivity contribution in [3.8, 4) is 0 Å². The van der Waals surface area contributed by atoms with Crippen LogP contribution in [0.15, 0.2) is 0 Å². The molecule has 222 valence electrons. The van der Waals surface area contributed by atoms with E-state index >= 15 is 0 Å². The van der Waals surface area contributed by atoms with Crippen LogP contribution in [-0.4, -0.2) is 121 Å². The first-order chi connectivity index (χ1) is 17.6. The Morgan fingerprint density at radius 1 is 0.703 bits per heavy atom. The number of rotatable bonds is 24. The van der Waals surface area contributed by atoms with E-state index in [4.69, 9.17) is 40.5 Å². The number of nitrogens with one attached hydrogen (secondary N) is 2. The zero-order valence-electron chi connectivity index (χ0n) is 24.4. The Bertz CT molecular complexity index is 575. The van der Waals surface area contributed by atoms with Gasteiger partial charge in [-0.2, -0.15) is 0 Å². The molecule has 0 saturated heterocycles. The van der Waals surface area contributed by atoms with E-state index < -0.39 is 38.1 Å².